The molecule has 1 aromatic carbocycles. The summed E-state index contributed by atoms with van der Waals surface area (Å²) in [5, 5.41) is 0.677. The number of pyridine rings is 1. The number of morpholine rings is 1. The molecule has 0 saturated carbocycles. The summed E-state index contributed by atoms with van der Waals surface area (Å²) < 4.78 is 48.8. The van der Waals surface area contributed by atoms with E-state index >= 15 is 0 Å². The fraction of sp³-hybridized carbons (Fsp3) is 0.300. The quantitative estimate of drug-likeness (QED) is 0.615. The summed E-state index contributed by atoms with van der Waals surface area (Å²) in [5.41, 5.74) is 2.06. The Morgan fingerprint density at radius 2 is 1.93 bits per heavy atom. The van der Waals surface area contributed by atoms with Crippen molar-refractivity contribution in [3.8, 4) is 17.0 Å². The lowest BCUT2D eigenvalue weighted by Gasteiger charge is -2.27. The Kier molecular flexibility index (Phi) is 6.23. The zero-order valence-corrected chi connectivity index (χ0v) is 16.8. The molecule has 30 heavy (non-hydrogen) atoms. The highest BCUT2D eigenvalue weighted by atomic mass is 35.5. The second kappa shape index (κ2) is 8.53. The minimum absolute atomic E-state index is 0. The number of benzene rings is 1. The molecule has 0 bridgehead atoms. The van der Waals surface area contributed by atoms with E-state index in [-0.39, 0.29) is 24.1 Å². The van der Waals surface area contributed by atoms with E-state index in [4.69, 9.17) is 4.74 Å². The molecule has 2 aromatic heterocycles. The number of hydrogen-bond donors (Lipinski definition) is 0. The maximum atomic E-state index is 13.0. The van der Waals surface area contributed by atoms with Crippen LogP contribution in [0.4, 0.5) is 13.2 Å². The average molecular weight is 442 g/mol. The molecule has 6 nitrogen and oxygen atoms in total. The second-order valence-electron chi connectivity index (χ2n) is 6.69. The smallest absolute Gasteiger partial charge is 0.406 e. The van der Waals surface area contributed by atoms with Crippen LogP contribution in [0.2, 0.25) is 0 Å². The zero-order valence-electron chi connectivity index (χ0n) is 16.0. The summed E-state index contributed by atoms with van der Waals surface area (Å²) >= 11 is 0. The Labute approximate surface area is 176 Å². The lowest BCUT2D eigenvalue weighted by Crippen LogP contribution is -2.40. The molecule has 3 aromatic rings. The van der Waals surface area contributed by atoms with E-state index in [0.717, 1.165) is 0 Å². The fourth-order valence-corrected chi connectivity index (χ4v) is 3.48. The Morgan fingerprint density at radius 3 is 2.63 bits per heavy atom. The van der Waals surface area contributed by atoms with Crippen molar-refractivity contribution in [2.24, 2.45) is 7.05 Å². The highest BCUT2D eigenvalue weighted by molar-refractivity contribution is 6.08. The molecule has 0 atom stereocenters. The summed E-state index contributed by atoms with van der Waals surface area (Å²) in [5.74, 6) is -0.470. The Balaban J connectivity index is 0.00000256. The van der Waals surface area contributed by atoms with E-state index in [1.807, 2.05) is 11.6 Å². The molecule has 1 saturated heterocycles. The van der Waals surface area contributed by atoms with Gasteiger partial charge in [0.25, 0.3) is 5.91 Å². The number of carbonyl (C=O) groups excluding carboxylic acids is 1. The fourth-order valence-electron chi connectivity index (χ4n) is 3.48. The Morgan fingerprint density at radius 1 is 1.20 bits per heavy atom. The van der Waals surface area contributed by atoms with Crippen molar-refractivity contribution in [2.45, 2.75) is 6.36 Å². The molecule has 1 aliphatic rings. The normalized spacial score (nSPS) is 14.5. The van der Waals surface area contributed by atoms with Crippen LogP contribution in [0.25, 0.3) is 22.2 Å². The van der Waals surface area contributed by atoms with Crippen LogP contribution in [-0.4, -0.2) is 53.0 Å². The van der Waals surface area contributed by atoms with E-state index in [1.165, 1.54) is 24.4 Å². The van der Waals surface area contributed by atoms with E-state index < -0.39 is 6.36 Å². The topological polar surface area (TPSA) is 56.6 Å². The highest BCUT2D eigenvalue weighted by Gasteiger charge is 2.31. The van der Waals surface area contributed by atoms with Gasteiger partial charge in [0.2, 0.25) is 0 Å². The van der Waals surface area contributed by atoms with Gasteiger partial charge in [0.15, 0.2) is 0 Å². The highest BCUT2D eigenvalue weighted by Crippen LogP contribution is 2.33. The van der Waals surface area contributed by atoms with Crippen molar-refractivity contribution in [2.75, 3.05) is 26.3 Å². The van der Waals surface area contributed by atoms with Gasteiger partial charge in [0.1, 0.15) is 5.75 Å². The SMILES string of the molecule is Cl.Cn1ccc2c(-c3cccc(OC(F)(F)F)c3)ncc(C(=O)N3CCOCC3)c21. The van der Waals surface area contributed by atoms with Crippen molar-refractivity contribution < 1.29 is 27.4 Å². The maximum Gasteiger partial charge on any atom is 0.573 e. The van der Waals surface area contributed by atoms with Gasteiger partial charge < -0.3 is 18.9 Å². The summed E-state index contributed by atoms with van der Waals surface area (Å²) in [4.78, 5) is 19.1. The molecule has 1 fully saturated rings. The van der Waals surface area contributed by atoms with Gasteiger partial charge in [0, 0.05) is 43.5 Å². The van der Waals surface area contributed by atoms with Gasteiger partial charge in [-0.1, -0.05) is 12.1 Å². The summed E-state index contributed by atoms with van der Waals surface area (Å²) in [6, 6.07) is 7.44. The molecule has 0 spiro atoms. The van der Waals surface area contributed by atoms with Crippen molar-refractivity contribution >= 4 is 29.2 Å². The van der Waals surface area contributed by atoms with E-state index in [0.29, 0.717) is 54.0 Å². The predicted molar refractivity (Wildman–Crippen MR) is 107 cm³/mol. The number of amides is 1. The molecule has 1 aliphatic heterocycles. The summed E-state index contributed by atoms with van der Waals surface area (Å²) in [7, 11) is 1.81. The van der Waals surface area contributed by atoms with Gasteiger partial charge >= 0.3 is 6.36 Å². The Bertz CT molecular complexity index is 1060. The molecular weight excluding hydrogens is 423 g/mol. The van der Waals surface area contributed by atoms with Crippen LogP contribution in [0.15, 0.2) is 42.7 Å². The van der Waals surface area contributed by atoms with Crippen LogP contribution in [0.3, 0.4) is 0 Å². The second-order valence-corrected chi connectivity index (χ2v) is 6.69. The number of aryl methyl sites for hydroxylation is 1. The van der Waals surface area contributed by atoms with E-state index in [2.05, 4.69) is 9.72 Å². The average Bonchev–Trinajstić information content (AvgIpc) is 3.08. The third-order valence-electron chi connectivity index (χ3n) is 4.78. The number of aromatic nitrogens is 2. The number of carbonyl (C=O) groups is 1. The minimum Gasteiger partial charge on any atom is -0.406 e. The van der Waals surface area contributed by atoms with Crippen molar-refractivity contribution in [1.29, 1.82) is 0 Å². The van der Waals surface area contributed by atoms with Gasteiger partial charge in [-0.25, -0.2) is 0 Å². The molecule has 0 N–H and O–H groups in total. The molecule has 10 heteroatoms. The van der Waals surface area contributed by atoms with Gasteiger partial charge in [-0.2, -0.15) is 0 Å². The number of nitrogens with zero attached hydrogens (tertiary/aromatic N) is 3. The number of fused-ring (bicyclic) bond motifs is 1. The number of hydrogen-bond acceptors (Lipinski definition) is 4. The number of halogens is 4. The lowest BCUT2D eigenvalue weighted by molar-refractivity contribution is -0.274. The number of ether oxygens (including phenoxy) is 2. The molecule has 0 radical (unpaired) electrons. The van der Waals surface area contributed by atoms with Crippen molar-refractivity contribution in [3.63, 3.8) is 0 Å². The molecule has 3 heterocycles. The van der Waals surface area contributed by atoms with Gasteiger partial charge in [-0.3, -0.25) is 9.78 Å². The van der Waals surface area contributed by atoms with Crippen LogP contribution in [0, 0.1) is 0 Å². The van der Waals surface area contributed by atoms with Gasteiger partial charge in [0.05, 0.1) is 30.0 Å². The molecule has 0 aliphatic carbocycles. The minimum atomic E-state index is -4.78. The zero-order chi connectivity index (χ0) is 20.6. The van der Waals surface area contributed by atoms with Crippen molar-refractivity contribution in [1.82, 2.24) is 14.5 Å². The molecule has 4 rings (SSSR count). The van der Waals surface area contributed by atoms with Crippen LogP contribution < -0.4 is 4.74 Å². The molecule has 160 valence electrons. The van der Waals surface area contributed by atoms with E-state index in [9.17, 15) is 18.0 Å². The van der Waals surface area contributed by atoms with Crippen LogP contribution in [-0.2, 0) is 11.8 Å². The first-order valence-electron chi connectivity index (χ1n) is 9.01. The van der Waals surface area contributed by atoms with Gasteiger partial charge in [-0.15, -0.1) is 25.6 Å². The third kappa shape index (κ3) is 4.36. The van der Waals surface area contributed by atoms with Crippen LogP contribution in [0.1, 0.15) is 10.4 Å². The lowest BCUT2D eigenvalue weighted by atomic mass is 10.0. The number of rotatable bonds is 3. The van der Waals surface area contributed by atoms with Crippen molar-refractivity contribution in [3.05, 3.63) is 48.3 Å². The monoisotopic (exact) mass is 441 g/mol. The Hall–Kier alpha value is -2.78. The van der Waals surface area contributed by atoms with Crippen LogP contribution in [0.5, 0.6) is 5.75 Å². The number of alkyl halides is 3. The van der Waals surface area contributed by atoms with Crippen LogP contribution >= 0.6 is 12.4 Å². The van der Waals surface area contributed by atoms with E-state index in [1.54, 1.807) is 23.2 Å². The van der Waals surface area contributed by atoms with Gasteiger partial charge in [-0.05, 0) is 18.2 Å². The largest absolute Gasteiger partial charge is 0.573 e. The standard InChI is InChI=1S/C20H18F3N3O3.ClH/c1-25-6-5-15-17(13-3-2-4-14(11-13)29-20(21,22)23)24-12-16(18(15)25)19(27)26-7-9-28-10-8-26;/h2-6,11-12H,7-10H2,1H3;1H. The third-order valence-corrected chi connectivity index (χ3v) is 4.78. The summed E-state index contributed by atoms with van der Waals surface area (Å²) in [6.45, 7) is 1.98. The predicted octanol–water partition coefficient (Wildman–Crippen LogP) is 4.03. The molecule has 1 amide bonds. The molecule has 0 unspecified atom stereocenters. The first-order chi connectivity index (χ1) is 13.8. The molecular formula is C20H19ClF3N3O3. The first kappa shape index (κ1) is 21.9. The summed E-state index contributed by atoms with van der Waals surface area (Å²) in [6.07, 6.45) is -1.50. The maximum absolute atomic E-state index is 13.0. The first-order valence-corrected chi connectivity index (χ1v) is 9.01.